The van der Waals surface area contributed by atoms with Gasteiger partial charge in [0, 0.05) is 12.7 Å². The highest BCUT2D eigenvalue weighted by Crippen LogP contribution is 2.27. The molecule has 0 radical (unpaired) electrons. The molecule has 1 aromatic heterocycles. The van der Waals surface area contributed by atoms with E-state index in [2.05, 4.69) is 32.3 Å². The second-order valence-corrected chi connectivity index (χ2v) is 6.52. The van der Waals surface area contributed by atoms with Crippen LogP contribution in [0.5, 0.6) is 0 Å². The molecule has 0 aliphatic rings. The summed E-state index contributed by atoms with van der Waals surface area (Å²) >= 11 is 5.70. The Balaban J connectivity index is 2.39. The van der Waals surface area contributed by atoms with Crippen LogP contribution in [0.3, 0.4) is 0 Å². The zero-order chi connectivity index (χ0) is 16.4. The maximum absolute atomic E-state index is 13.5. The molecular formula is C18H22ClFN2. The zero-order valence-corrected chi connectivity index (χ0v) is 14.4. The molecule has 0 fully saturated rings. The second-order valence-electron chi connectivity index (χ2n) is 6.12. The highest BCUT2D eigenvalue weighted by atomic mass is 35.5. The number of halogens is 2. The van der Waals surface area contributed by atoms with Gasteiger partial charge in [0.2, 0.25) is 0 Å². The van der Waals surface area contributed by atoms with Gasteiger partial charge >= 0.3 is 0 Å². The summed E-state index contributed by atoms with van der Waals surface area (Å²) in [6.45, 7) is 8.64. The van der Waals surface area contributed by atoms with Gasteiger partial charge in [-0.15, -0.1) is 0 Å². The van der Waals surface area contributed by atoms with Crippen LogP contribution in [0.1, 0.15) is 62.3 Å². The molecule has 0 aliphatic heterocycles. The topological polar surface area (TPSA) is 17.8 Å². The van der Waals surface area contributed by atoms with E-state index in [1.54, 1.807) is 12.1 Å². The quantitative estimate of drug-likeness (QED) is 0.714. The smallest absolute Gasteiger partial charge is 0.142 e. The Bertz CT molecular complexity index is 699. The Kier molecular flexibility index (Phi) is 5.07. The Labute approximate surface area is 136 Å². The van der Waals surface area contributed by atoms with E-state index < -0.39 is 5.82 Å². The molecule has 0 spiro atoms. The number of rotatable bonds is 4. The van der Waals surface area contributed by atoms with Crippen LogP contribution in [0.2, 0.25) is 5.02 Å². The maximum atomic E-state index is 13.5. The average molecular weight is 321 g/mol. The summed E-state index contributed by atoms with van der Waals surface area (Å²) in [5.74, 6) is 1.25. The zero-order valence-electron chi connectivity index (χ0n) is 13.7. The molecule has 22 heavy (non-hydrogen) atoms. The number of aromatic nitrogens is 2. The van der Waals surface area contributed by atoms with Crippen LogP contribution in [0, 0.1) is 5.82 Å². The van der Waals surface area contributed by atoms with Crippen LogP contribution in [-0.4, -0.2) is 9.55 Å². The van der Waals surface area contributed by atoms with Crippen molar-refractivity contribution in [2.24, 2.45) is 7.05 Å². The third-order valence-corrected chi connectivity index (χ3v) is 3.97. The van der Waals surface area contributed by atoms with Gasteiger partial charge in [0.25, 0.3) is 0 Å². The minimum Gasteiger partial charge on any atom is -0.331 e. The van der Waals surface area contributed by atoms with Crippen molar-refractivity contribution in [1.29, 1.82) is 0 Å². The van der Waals surface area contributed by atoms with Crippen molar-refractivity contribution in [3.05, 3.63) is 51.8 Å². The maximum Gasteiger partial charge on any atom is 0.142 e. The lowest BCUT2D eigenvalue weighted by atomic mass is 10.0. The van der Waals surface area contributed by atoms with Gasteiger partial charge < -0.3 is 4.57 Å². The Morgan fingerprint density at radius 2 is 1.82 bits per heavy atom. The van der Waals surface area contributed by atoms with Gasteiger partial charge in [0.15, 0.2) is 0 Å². The summed E-state index contributed by atoms with van der Waals surface area (Å²) in [6.07, 6.45) is 3.77. The minimum atomic E-state index is -0.408. The molecule has 2 aromatic rings. The van der Waals surface area contributed by atoms with E-state index in [-0.39, 0.29) is 5.02 Å². The monoisotopic (exact) mass is 320 g/mol. The molecule has 0 saturated heterocycles. The predicted octanol–water partition coefficient (Wildman–Crippen LogP) is 5.63. The second kappa shape index (κ2) is 6.66. The van der Waals surface area contributed by atoms with Gasteiger partial charge in [-0.2, -0.15) is 0 Å². The van der Waals surface area contributed by atoms with E-state index >= 15 is 0 Å². The number of hydrogen-bond donors (Lipinski definition) is 0. The van der Waals surface area contributed by atoms with E-state index in [4.69, 9.17) is 16.6 Å². The van der Waals surface area contributed by atoms with Gasteiger partial charge in [-0.05, 0) is 35.6 Å². The first-order valence-electron chi connectivity index (χ1n) is 7.51. The fourth-order valence-electron chi connectivity index (χ4n) is 2.59. The molecule has 0 N–H and O–H groups in total. The predicted molar refractivity (Wildman–Crippen MR) is 91.7 cm³/mol. The van der Waals surface area contributed by atoms with Crippen LogP contribution < -0.4 is 0 Å². The molecule has 2 nitrogen and oxygen atoms in total. The van der Waals surface area contributed by atoms with Crippen molar-refractivity contribution in [3.8, 4) is 0 Å². The molecule has 0 amide bonds. The molecule has 1 heterocycles. The van der Waals surface area contributed by atoms with Crippen LogP contribution in [0.15, 0.2) is 18.2 Å². The summed E-state index contributed by atoms with van der Waals surface area (Å²) in [5.41, 5.74) is 3.14. The highest BCUT2D eigenvalue weighted by molar-refractivity contribution is 6.30. The standard InChI is InChI=1S/C18H22ClFN2/c1-11(2)17-18(12(3)4)22(5)16(21-17)9-7-13-6-8-14(19)15(20)10-13/h6-12H,1-5H3. The normalized spacial score (nSPS) is 12.0. The number of nitrogens with zero attached hydrogens (tertiary/aromatic N) is 2. The molecule has 0 saturated carbocycles. The van der Waals surface area contributed by atoms with Gasteiger partial charge in [0.1, 0.15) is 11.6 Å². The van der Waals surface area contributed by atoms with Gasteiger partial charge in [-0.25, -0.2) is 9.37 Å². The van der Waals surface area contributed by atoms with E-state index in [0.29, 0.717) is 11.8 Å². The minimum absolute atomic E-state index is 0.137. The molecule has 4 heteroatoms. The van der Waals surface area contributed by atoms with Crippen molar-refractivity contribution in [2.45, 2.75) is 39.5 Å². The lowest BCUT2D eigenvalue weighted by Crippen LogP contribution is -2.03. The Hall–Kier alpha value is -1.61. The number of hydrogen-bond acceptors (Lipinski definition) is 1. The first-order valence-corrected chi connectivity index (χ1v) is 7.88. The highest BCUT2D eigenvalue weighted by Gasteiger charge is 2.18. The summed E-state index contributed by atoms with van der Waals surface area (Å²) in [5, 5.41) is 0.137. The molecule has 0 unspecified atom stereocenters. The third-order valence-electron chi connectivity index (χ3n) is 3.66. The lowest BCUT2D eigenvalue weighted by molar-refractivity contribution is 0.628. The van der Waals surface area contributed by atoms with Gasteiger partial charge in [-0.1, -0.05) is 51.4 Å². The average Bonchev–Trinajstić information content (AvgIpc) is 2.77. The third kappa shape index (κ3) is 3.41. The van der Waals surface area contributed by atoms with Crippen molar-refractivity contribution in [1.82, 2.24) is 9.55 Å². The molecular weight excluding hydrogens is 299 g/mol. The van der Waals surface area contributed by atoms with Crippen LogP contribution in [-0.2, 0) is 7.05 Å². The first-order chi connectivity index (χ1) is 10.3. The van der Waals surface area contributed by atoms with E-state index in [1.165, 1.54) is 11.8 Å². The van der Waals surface area contributed by atoms with E-state index in [1.807, 2.05) is 19.2 Å². The molecule has 2 rings (SSSR count). The van der Waals surface area contributed by atoms with Crippen LogP contribution in [0.4, 0.5) is 4.39 Å². The van der Waals surface area contributed by atoms with Crippen molar-refractivity contribution in [2.75, 3.05) is 0 Å². The molecule has 0 atom stereocenters. The molecule has 0 bridgehead atoms. The van der Waals surface area contributed by atoms with Crippen molar-refractivity contribution in [3.63, 3.8) is 0 Å². The molecule has 0 aliphatic carbocycles. The summed E-state index contributed by atoms with van der Waals surface area (Å²) in [7, 11) is 2.02. The molecule has 118 valence electrons. The Morgan fingerprint density at radius 1 is 1.14 bits per heavy atom. The SMILES string of the molecule is CC(C)c1nc(C=Cc2ccc(Cl)c(F)c2)n(C)c1C(C)C. The van der Waals surface area contributed by atoms with Crippen LogP contribution >= 0.6 is 11.6 Å². The van der Waals surface area contributed by atoms with E-state index in [9.17, 15) is 4.39 Å². The number of imidazole rings is 1. The van der Waals surface area contributed by atoms with Crippen molar-refractivity contribution >= 4 is 23.8 Å². The first kappa shape index (κ1) is 16.8. The fraction of sp³-hybridized carbons (Fsp3) is 0.389. The largest absolute Gasteiger partial charge is 0.331 e. The number of benzene rings is 1. The van der Waals surface area contributed by atoms with E-state index in [0.717, 1.165) is 17.1 Å². The van der Waals surface area contributed by atoms with Crippen LogP contribution in [0.25, 0.3) is 12.2 Å². The summed E-state index contributed by atoms with van der Waals surface area (Å²) in [4.78, 5) is 4.74. The summed E-state index contributed by atoms with van der Waals surface area (Å²) < 4.78 is 15.6. The van der Waals surface area contributed by atoms with Gasteiger partial charge in [-0.3, -0.25) is 0 Å². The lowest BCUT2D eigenvalue weighted by Gasteiger charge is -2.11. The molecule has 1 aromatic carbocycles. The van der Waals surface area contributed by atoms with Crippen molar-refractivity contribution < 1.29 is 4.39 Å². The van der Waals surface area contributed by atoms with Gasteiger partial charge in [0.05, 0.1) is 10.7 Å². The fourth-order valence-corrected chi connectivity index (χ4v) is 2.71. The Morgan fingerprint density at radius 3 is 2.32 bits per heavy atom. The summed E-state index contributed by atoms with van der Waals surface area (Å²) in [6, 6.07) is 4.78.